The highest BCUT2D eigenvalue weighted by molar-refractivity contribution is 6.32. The Morgan fingerprint density at radius 1 is 1.64 bits per heavy atom. The zero-order chi connectivity index (χ0) is 16.4. The standard InChI is InChI=1S/C15H18ClFN2O3/c1-7-4-12(21)18-19-14(7)10-5-11(16)15(9(3)13(10)17)22-6-8(2)20/h5,7-8,20H,4,6H2,1-3H3,(H,18,21). The van der Waals surface area contributed by atoms with Gasteiger partial charge in [-0.3, -0.25) is 4.79 Å². The summed E-state index contributed by atoms with van der Waals surface area (Å²) in [5.41, 5.74) is 3.30. The predicted octanol–water partition coefficient (Wildman–Crippen LogP) is 2.41. The van der Waals surface area contributed by atoms with E-state index in [0.29, 0.717) is 5.71 Å². The maximum absolute atomic E-state index is 14.6. The quantitative estimate of drug-likeness (QED) is 0.891. The van der Waals surface area contributed by atoms with Crippen LogP contribution < -0.4 is 10.2 Å². The van der Waals surface area contributed by atoms with Gasteiger partial charge in [0.25, 0.3) is 0 Å². The smallest absolute Gasteiger partial charge is 0.240 e. The largest absolute Gasteiger partial charge is 0.489 e. The number of hydrazone groups is 1. The van der Waals surface area contributed by atoms with Gasteiger partial charge in [-0.2, -0.15) is 5.10 Å². The number of halogens is 2. The fourth-order valence-corrected chi connectivity index (χ4v) is 2.59. The SMILES string of the molecule is Cc1c(F)c(C2=NNC(=O)CC2C)cc(Cl)c1OCC(C)O. The Bertz CT molecular complexity index is 632. The molecule has 1 aromatic carbocycles. The first kappa shape index (κ1) is 16.7. The van der Waals surface area contributed by atoms with E-state index in [4.69, 9.17) is 16.3 Å². The molecule has 1 heterocycles. The Kier molecular flexibility index (Phi) is 5.03. The number of hydrogen-bond donors (Lipinski definition) is 2. The Balaban J connectivity index is 2.41. The number of nitrogens with zero attached hydrogens (tertiary/aromatic N) is 1. The molecule has 0 bridgehead atoms. The number of carbonyl (C=O) groups is 1. The summed E-state index contributed by atoms with van der Waals surface area (Å²) in [4.78, 5) is 11.3. The number of nitrogens with one attached hydrogen (secondary N) is 1. The number of carbonyl (C=O) groups excluding carboxylic acids is 1. The average Bonchev–Trinajstić information content (AvgIpc) is 2.43. The van der Waals surface area contributed by atoms with E-state index in [1.165, 1.54) is 6.07 Å². The second-order valence-electron chi connectivity index (χ2n) is 5.47. The van der Waals surface area contributed by atoms with Crippen molar-refractivity contribution < 1.29 is 19.0 Å². The Hall–Kier alpha value is -1.66. The van der Waals surface area contributed by atoms with Crippen LogP contribution in [0.4, 0.5) is 4.39 Å². The summed E-state index contributed by atoms with van der Waals surface area (Å²) in [5, 5.41) is 13.4. The highest BCUT2D eigenvalue weighted by atomic mass is 35.5. The van der Waals surface area contributed by atoms with E-state index in [9.17, 15) is 14.3 Å². The molecule has 7 heteroatoms. The third kappa shape index (κ3) is 3.39. The summed E-state index contributed by atoms with van der Waals surface area (Å²) in [6.45, 7) is 4.94. The van der Waals surface area contributed by atoms with Gasteiger partial charge in [0.15, 0.2) is 0 Å². The van der Waals surface area contributed by atoms with E-state index in [-0.39, 0.29) is 46.8 Å². The second kappa shape index (κ2) is 6.62. The van der Waals surface area contributed by atoms with E-state index >= 15 is 0 Å². The van der Waals surface area contributed by atoms with Crippen molar-refractivity contribution in [3.05, 3.63) is 28.0 Å². The minimum atomic E-state index is -0.684. The molecule has 0 spiro atoms. The minimum Gasteiger partial charge on any atom is -0.489 e. The van der Waals surface area contributed by atoms with Crippen molar-refractivity contribution in [2.24, 2.45) is 11.0 Å². The van der Waals surface area contributed by atoms with Gasteiger partial charge in [-0.1, -0.05) is 18.5 Å². The van der Waals surface area contributed by atoms with Gasteiger partial charge in [-0.25, -0.2) is 9.82 Å². The summed E-state index contributed by atoms with van der Waals surface area (Å²) in [6, 6.07) is 1.44. The molecule has 1 aliphatic heterocycles. The van der Waals surface area contributed by atoms with Crippen LogP contribution in [0.25, 0.3) is 0 Å². The Morgan fingerprint density at radius 2 is 2.32 bits per heavy atom. The first-order valence-electron chi connectivity index (χ1n) is 6.97. The van der Waals surface area contributed by atoms with Gasteiger partial charge < -0.3 is 9.84 Å². The van der Waals surface area contributed by atoms with Crippen molar-refractivity contribution in [3.63, 3.8) is 0 Å². The lowest BCUT2D eigenvalue weighted by molar-refractivity contribution is -0.121. The summed E-state index contributed by atoms with van der Waals surface area (Å²) >= 11 is 6.17. The molecule has 0 saturated heterocycles. The molecule has 1 amide bonds. The van der Waals surface area contributed by atoms with Crippen molar-refractivity contribution >= 4 is 23.2 Å². The first-order chi connectivity index (χ1) is 10.3. The van der Waals surface area contributed by atoms with Crippen molar-refractivity contribution in [3.8, 4) is 5.75 Å². The maximum Gasteiger partial charge on any atom is 0.240 e. The monoisotopic (exact) mass is 328 g/mol. The van der Waals surface area contributed by atoms with Gasteiger partial charge in [0.1, 0.15) is 18.2 Å². The molecule has 2 atom stereocenters. The molecule has 1 aromatic rings. The molecule has 5 nitrogen and oxygen atoms in total. The van der Waals surface area contributed by atoms with Crippen LogP contribution in [-0.2, 0) is 4.79 Å². The molecule has 0 aliphatic carbocycles. The fourth-order valence-electron chi connectivity index (χ4n) is 2.28. The molecule has 0 aromatic heterocycles. The van der Waals surface area contributed by atoms with Gasteiger partial charge in [0, 0.05) is 23.5 Å². The lowest BCUT2D eigenvalue weighted by Gasteiger charge is -2.21. The first-order valence-corrected chi connectivity index (χ1v) is 7.35. The van der Waals surface area contributed by atoms with Crippen molar-refractivity contribution in [1.82, 2.24) is 5.43 Å². The van der Waals surface area contributed by atoms with E-state index in [2.05, 4.69) is 10.5 Å². The van der Waals surface area contributed by atoms with Gasteiger partial charge in [-0.15, -0.1) is 0 Å². The van der Waals surface area contributed by atoms with Crippen LogP contribution in [0.5, 0.6) is 5.75 Å². The molecule has 0 radical (unpaired) electrons. The van der Waals surface area contributed by atoms with Gasteiger partial charge in [0.05, 0.1) is 16.8 Å². The molecule has 120 valence electrons. The second-order valence-corrected chi connectivity index (χ2v) is 5.88. The normalized spacial score (nSPS) is 19.5. The fraction of sp³-hybridized carbons (Fsp3) is 0.467. The lowest BCUT2D eigenvalue weighted by atomic mass is 9.92. The lowest BCUT2D eigenvalue weighted by Crippen LogP contribution is -2.32. The molecule has 0 saturated carbocycles. The summed E-state index contributed by atoms with van der Waals surface area (Å²) in [6.07, 6.45) is -0.439. The van der Waals surface area contributed by atoms with Gasteiger partial charge in [-0.05, 0) is 19.9 Å². The summed E-state index contributed by atoms with van der Waals surface area (Å²) in [5.74, 6) is -0.692. The zero-order valence-electron chi connectivity index (χ0n) is 12.6. The van der Waals surface area contributed by atoms with Crippen LogP contribution in [-0.4, -0.2) is 29.4 Å². The van der Waals surface area contributed by atoms with Crippen LogP contribution in [0.3, 0.4) is 0 Å². The van der Waals surface area contributed by atoms with Crippen molar-refractivity contribution in [1.29, 1.82) is 0 Å². The third-order valence-electron chi connectivity index (χ3n) is 3.40. The Morgan fingerprint density at radius 3 is 2.91 bits per heavy atom. The van der Waals surface area contributed by atoms with Crippen molar-refractivity contribution in [2.75, 3.05) is 6.61 Å². The summed E-state index contributed by atoms with van der Waals surface area (Å²) in [7, 11) is 0. The van der Waals surface area contributed by atoms with E-state index in [1.54, 1.807) is 20.8 Å². The third-order valence-corrected chi connectivity index (χ3v) is 3.68. The number of aliphatic hydroxyl groups is 1. The highest BCUT2D eigenvalue weighted by Crippen LogP contribution is 2.34. The number of hydrogen-bond acceptors (Lipinski definition) is 4. The highest BCUT2D eigenvalue weighted by Gasteiger charge is 2.26. The predicted molar refractivity (Wildman–Crippen MR) is 81.8 cm³/mol. The maximum atomic E-state index is 14.6. The molecule has 2 unspecified atom stereocenters. The van der Waals surface area contributed by atoms with Crippen LogP contribution >= 0.6 is 11.6 Å². The molecule has 2 rings (SSSR count). The molecular weight excluding hydrogens is 311 g/mol. The molecular formula is C15H18ClFN2O3. The van der Waals surface area contributed by atoms with Gasteiger partial charge >= 0.3 is 0 Å². The minimum absolute atomic E-state index is 0.0206. The number of aliphatic hydroxyl groups excluding tert-OH is 1. The van der Waals surface area contributed by atoms with E-state index in [1.807, 2.05) is 0 Å². The number of rotatable bonds is 4. The van der Waals surface area contributed by atoms with Crippen molar-refractivity contribution in [2.45, 2.75) is 33.3 Å². The van der Waals surface area contributed by atoms with Crippen LogP contribution in [0.15, 0.2) is 11.2 Å². The molecule has 2 N–H and O–H groups in total. The van der Waals surface area contributed by atoms with Crippen LogP contribution in [0.2, 0.25) is 5.02 Å². The average molecular weight is 329 g/mol. The van der Waals surface area contributed by atoms with Gasteiger partial charge in [0.2, 0.25) is 5.91 Å². The number of amides is 1. The van der Waals surface area contributed by atoms with Crippen LogP contribution in [0.1, 0.15) is 31.4 Å². The topological polar surface area (TPSA) is 70.9 Å². The van der Waals surface area contributed by atoms with E-state index < -0.39 is 11.9 Å². The number of benzene rings is 1. The van der Waals surface area contributed by atoms with Crippen LogP contribution in [0, 0.1) is 18.7 Å². The zero-order valence-corrected chi connectivity index (χ0v) is 13.4. The summed E-state index contributed by atoms with van der Waals surface area (Å²) < 4.78 is 20.0. The molecule has 1 aliphatic rings. The number of ether oxygens (including phenoxy) is 1. The molecule has 22 heavy (non-hydrogen) atoms. The molecule has 0 fully saturated rings. The Labute approximate surface area is 133 Å². The van der Waals surface area contributed by atoms with E-state index in [0.717, 1.165) is 0 Å².